The zero-order valence-corrected chi connectivity index (χ0v) is 12.7. The number of nitrogens with one attached hydrogen (secondary N) is 1. The molecule has 0 aliphatic rings. The van der Waals surface area contributed by atoms with Crippen molar-refractivity contribution in [1.29, 1.82) is 0 Å². The van der Waals surface area contributed by atoms with E-state index in [-0.39, 0.29) is 11.1 Å². The standard InChI is InChI=1S/C15H24N2O3/c1-5-7-20-14-9-12(8-13(10-14)17(18)19)16-11-15(3,4)6-2/h8-10,16H,5-7,11H2,1-4H3. The van der Waals surface area contributed by atoms with Crippen molar-refractivity contribution in [3.05, 3.63) is 28.3 Å². The summed E-state index contributed by atoms with van der Waals surface area (Å²) in [7, 11) is 0. The number of nitro groups is 1. The fourth-order valence-corrected chi connectivity index (χ4v) is 1.56. The number of ether oxygens (including phenoxy) is 1. The van der Waals surface area contributed by atoms with E-state index in [9.17, 15) is 10.1 Å². The molecule has 1 N–H and O–H groups in total. The van der Waals surface area contributed by atoms with Crippen molar-refractivity contribution in [3.63, 3.8) is 0 Å². The second kappa shape index (κ2) is 7.12. The van der Waals surface area contributed by atoms with Crippen LogP contribution in [-0.4, -0.2) is 18.1 Å². The molecule has 1 aromatic rings. The van der Waals surface area contributed by atoms with Crippen LogP contribution in [0.1, 0.15) is 40.5 Å². The molecular formula is C15H24N2O3. The number of anilines is 1. The number of benzene rings is 1. The molecule has 0 aromatic heterocycles. The molecule has 5 heteroatoms. The Bertz CT molecular complexity index is 458. The second-order valence-electron chi connectivity index (χ2n) is 5.69. The molecule has 0 radical (unpaired) electrons. The van der Waals surface area contributed by atoms with Crippen LogP contribution >= 0.6 is 0 Å². The normalized spacial score (nSPS) is 11.2. The molecule has 0 heterocycles. The molecule has 20 heavy (non-hydrogen) atoms. The predicted molar refractivity (Wildman–Crippen MR) is 81.4 cm³/mol. The van der Waals surface area contributed by atoms with Gasteiger partial charge in [0.15, 0.2) is 0 Å². The van der Waals surface area contributed by atoms with Crippen molar-refractivity contribution in [2.24, 2.45) is 5.41 Å². The van der Waals surface area contributed by atoms with Crippen LogP contribution < -0.4 is 10.1 Å². The molecule has 0 saturated heterocycles. The van der Waals surface area contributed by atoms with Gasteiger partial charge in [-0.25, -0.2) is 0 Å². The highest BCUT2D eigenvalue weighted by Gasteiger charge is 2.16. The highest BCUT2D eigenvalue weighted by atomic mass is 16.6. The van der Waals surface area contributed by atoms with Crippen LogP contribution in [0, 0.1) is 15.5 Å². The van der Waals surface area contributed by atoms with Crippen LogP contribution in [0.15, 0.2) is 18.2 Å². The molecule has 0 unspecified atom stereocenters. The maximum Gasteiger partial charge on any atom is 0.275 e. The highest BCUT2D eigenvalue weighted by Crippen LogP contribution is 2.28. The van der Waals surface area contributed by atoms with E-state index >= 15 is 0 Å². The lowest BCUT2D eigenvalue weighted by atomic mass is 9.90. The summed E-state index contributed by atoms with van der Waals surface area (Å²) in [4.78, 5) is 10.6. The fourth-order valence-electron chi connectivity index (χ4n) is 1.56. The van der Waals surface area contributed by atoms with Crippen molar-refractivity contribution in [2.75, 3.05) is 18.5 Å². The molecule has 112 valence electrons. The largest absolute Gasteiger partial charge is 0.493 e. The number of nitro benzene ring substituents is 1. The molecule has 0 amide bonds. The van der Waals surface area contributed by atoms with E-state index in [0.29, 0.717) is 12.4 Å². The minimum absolute atomic E-state index is 0.0513. The maximum atomic E-state index is 11.0. The quantitative estimate of drug-likeness (QED) is 0.571. The lowest BCUT2D eigenvalue weighted by Crippen LogP contribution is -2.22. The molecule has 0 aliphatic carbocycles. The van der Waals surface area contributed by atoms with Crippen LogP contribution in [-0.2, 0) is 0 Å². The van der Waals surface area contributed by atoms with Gasteiger partial charge in [-0.05, 0) is 18.3 Å². The average Bonchev–Trinajstić information content (AvgIpc) is 2.43. The van der Waals surface area contributed by atoms with Gasteiger partial charge < -0.3 is 10.1 Å². The van der Waals surface area contributed by atoms with E-state index in [1.807, 2.05) is 13.0 Å². The van der Waals surface area contributed by atoms with E-state index in [1.165, 1.54) is 6.07 Å². The van der Waals surface area contributed by atoms with Crippen molar-refractivity contribution in [2.45, 2.75) is 40.5 Å². The number of nitrogens with zero attached hydrogens (tertiary/aromatic N) is 1. The third-order valence-electron chi connectivity index (χ3n) is 3.30. The molecule has 0 bridgehead atoms. The van der Waals surface area contributed by atoms with E-state index in [1.54, 1.807) is 6.07 Å². The van der Waals surface area contributed by atoms with Gasteiger partial charge in [-0.1, -0.05) is 27.7 Å². The Labute approximate surface area is 120 Å². The number of hydrogen-bond donors (Lipinski definition) is 1. The molecule has 0 fully saturated rings. The monoisotopic (exact) mass is 280 g/mol. The third-order valence-corrected chi connectivity index (χ3v) is 3.30. The summed E-state index contributed by atoms with van der Waals surface area (Å²) >= 11 is 0. The molecule has 0 aliphatic heterocycles. The third kappa shape index (κ3) is 5.07. The maximum absolute atomic E-state index is 11.0. The van der Waals surface area contributed by atoms with Gasteiger partial charge in [0.2, 0.25) is 0 Å². The first-order valence-corrected chi connectivity index (χ1v) is 7.04. The lowest BCUT2D eigenvalue weighted by Gasteiger charge is -2.23. The first-order valence-electron chi connectivity index (χ1n) is 7.04. The highest BCUT2D eigenvalue weighted by molar-refractivity contribution is 5.56. The molecule has 0 spiro atoms. The smallest absolute Gasteiger partial charge is 0.275 e. The number of hydrogen-bond acceptors (Lipinski definition) is 4. The van der Waals surface area contributed by atoms with E-state index < -0.39 is 4.92 Å². The van der Waals surface area contributed by atoms with E-state index in [4.69, 9.17) is 4.74 Å². The van der Waals surface area contributed by atoms with Crippen molar-refractivity contribution in [1.82, 2.24) is 0 Å². The summed E-state index contributed by atoms with van der Waals surface area (Å²) < 4.78 is 5.50. The molecular weight excluding hydrogens is 256 g/mol. The van der Waals surface area contributed by atoms with Gasteiger partial charge in [-0.2, -0.15) is 0 Å². The Balaban J connectivity index is 2.88. The molecule has 1 rings (SSSR count). The first-order chi connectivity index (χ1) is 9.38. The Morgan fingerprint density at radius 3 is 2.55 bits per heavy atom. The Kier molecular flexibility index (Phi) is 5.80. The lowest BCUT2D eigenvalue weighted by molar-refractivity contribution is -0.384. The fraction of sp³-hybridized carbons (Fsp3) is 0.600. The Morgan fingerprint density at radius 1 is 1.30 bits per heavy atom. The van der Waals surface area contributed by atoms with Gasteiger partial charge >= 0.3 is 0 Å². The van der Waals surface area contributed by atoms with Crippen molar-refractivity contribution in [3.8, 4) is 5.75 Å². The number of non-ortho nitro benzene ring substituents is 1. The molecule has 0 saturated carbocycles. The van der Waals surface area contributed by atoms with E-state index in [2.05, 4.69) is 26.1 Å². The Hall–Kier alpha value is -1.78. The second-order valence-corrected chi connectivity index (χ2v) is 5.69. The molecule has 5 nitrogen and oxygen atoms in total. The predicted octanol–water partition coefficient (Wildman–Crippen LogP) is 4.23. The summed E-state index contributed by atoms with van der Waals surface area (Å²) in [5.74, 6) is 0.540. The zero-order valence-electron chi connectivity index (χ0n) is 12.7. The minimum atomic E-state index is -0.394. The van der Waals surface area contributed by atoms with Crippen LogP contribution in [0.5, 0.6) is 5.75 Å². The van der Waals surface area contributed by atoms with Gasteiger partial charge in [0.1, 0.15) is 5.75 Å². The van der Waals surface area contributed by atoms with Gasteiger partial charge in [-0.3, -0.25) is 10.1 Å². The van der Waals surface area contributed by atoms with Gasteiger partial charge in [0, 0.05) is 24.4 Å². The van der Waals surface area contributed by atoms with Gasteiger partial charge in [0.25, 0.3) is 5.69 Å². The minimum Gasteiger partial charge on any atom is -0.493 e. The Morgan fingerprint density at radius 2 is 2.00 bits per heavy atom. The van der Waals surface area contributed by atoms with Crippen molar-refractivity contribution < 1.29 is 9.66 Å². The van der Waals surface area contributed by atoms with Crippen LogP contribution in [0.3, 0.4) is 0 Å². The van der Waals surface area contributed by atoms with E-state index in [0.717, 1.165) is 25.1 Å². The van der Waals surface area contributed by atoms with Crippen LogP contribution in [0.4, 0.5) is 11.4 Å². The zero-order chi connectivity index (χ0) is 15.2. The topological polar surface area (TPSA) is 64.4 Å². The number of rotatable bonds is 8. The van der Waals surface area contributed by atoms with Gasteiger partial charge in [0.05, 0.1) is 17.6 Å². The summed E-state index contributed by atoms with van der Waals surface area (Å²) in [5.41, 5.74) is 0.928. The average molecular weight is 280 g/mol. The molecule has 1 aromatic carbocycles. The summed E-state index contributed by atoms with van der Waals surface area (Å²) in [6, 6.07) is 4.82. The van der Waals surface area contributed by atoms with Crippen molar-refractivity contribution >= 4 is 11.4 Å². The molecule has 0 atom stereocenters. The summed E-state index contributed by atoms with van der Waals surface area (Å²) in [6.45, 7) is 9.77. The summed E-state index contributed by atoms with van der Waals surface area (Å²) in [5, 5.41) is 14.2. The SMILES string of the molecule is CCCOc1cc(NCC(C)(C)CC)cc([N+](=O)[O-])c1. The summed E-state index contributed by atoms with van der Waals surface area (Å²) in [6.07, 6.45) is 1.91. The first kappa shape index (κ1) is 16.3. The van der Waals surface area contributed by atoms with Gasteiger partial charge in [-0.15, -0.1) is 0 Å². The van der Waals surface area contributed by atoms with Crippen LogP contribution in [0.2, 0.25) is 0 Å². The van der Waals surface area contributed by atoms with Crippen LogP contribution in [0.25, 0.3) is 0 Å².